The van der Waals surface area contributed by atoms with E-state index in [-0.39, 0.29) is 17.2 Å². The van der Waals surface area contributed by atoms with Gasteiger partial charge in [0.2, 0.25) is 5.78 Å². The second kappa shape index (κ2) is 4.03. The van der Waals surface area contributed by atoms with Gasteiger partial charge in [0.05, 0.1) is 6.20 Å². The number of rotatable bonds is 2. The third kappa shape index (κ3) is 1.75. The molecule has 0 spiro atoms. The summed E-state index contributed by atoms with van der Waals surface area (Å²) in [5.41, 5.74) is 2.39. The summed E-state index contributed by atoms with van der Waals surface area (Å²) in [5, 5.41) is 0. The highest BCUT2D eigenvalue weighted by Crippen LogP contribution is 2.19. The lowest BCUT2D eigenvalue weighted by atomic mass is 10.2. The first-order chi connectivity index (χ1) is 8.74. The molecular formula is C13H9N3O2. The first kappa shape index (κ1) is 10.6. The van der Waals surface area contributed by atoms with Crippen molar-refractivity contribution in [3.8, 4) is 0 Å². The maximum absolute atomic E-state index is 12.1. The molecule has 0 amide bonds. The summed E-state index contributed by atoms with van der Waals surface area (Å²) < 4.78 is 5.46. The maximum Gasteiger partial charge on any atom is 0.248 e. The molecule has 0 atom stereocenters. The summed E-state index contributed by atoms with van der Waals surface area (Å²) >= 11 is 0. The molecule has 3 heterocycles. The zero-order valence-corrected chi connectivity index (χ0v) is 9.62. The fraction of sp³-hybridized carbons (Fsp3) is 0.0769. The van der Waals surface area contributed by atoms with Crippen LogP contribution in [0, 0.1) is 6.92 Å². The van der Waals surface area contributed by atoms with Crippen LogP contribution >= 0.6 is 0 Å². The molecule has 0 aromatic carbocycles. The van der Waals surface area contributed by atoms with Crippen LogP contribution in [0.3, 0.4) is 0 Å². The van der Waals surface area contributed by atoms with Crippen molar-refractivity contribution in [1.82, 2.24) is 15.0 Å². The molecule has 0 saturated heterocycles. The van der Waals surface area contributed by atoms with Gasteiger partial charge in [-0.1, -0.05) is 0 Å². The van der Waals surface area contributed by atoms with Crippen LogP contribution in [0.15, 0.2) is 41.2 Å². The van der Waals surface area contributed by atoms with Gasteiger partial charge in [0, 0.05) is 24.2 Å². The standard InChI is InChI=1S/C13H9N3O2/c1-8-2-3-11-9(16-8)6-12(18-11)13(17)10-7-14-4-5-15-10/h2-7H,1H3. The highest BCUT2D eigenvalue weighted by atomic mass is 16.3. The minimum Gasteiger partial charge on any atom is -0.451 e. The predicted molar refractivity (Wildman–Crippen MR) is 64.2 cm³/mol. The normalized spacial score (nSPS) is 10.7. The second-order valence-corrected chi connectivity index (χ2v) is 3.87. The number of pyridine rings is 1. The van der Waals surface area contributed by atoms with Gasteiger partial charge in [-0.2, -0.15) is 0 Å². The number of aromatic nitrogens is 3. The fourth-order valence-corrected chi connectivity index (χ4v) is 1.68. The van der Waals surface area contributed by atoms with E-state index in [1.165, 1.54) is 18.6 Å². The highest BCUT2D eigenvalue weighted by Gasteiger charge is 2.16. The van der Waals surface area contributed by atoms with Crippen molar-refractivity contribution in [3.63, 3.8) is 0 Å². The van der Waals surface area contributed by atoms with Gasteiger partial charge in [0.25, 0.3) is 0 Å². The summed E-state index contributed by atoms with van der Waals surface area (Å²) in [5.74, 6) is -0.0673. The van der Waals surface area contributed by atoms with Crippen LogP contribution in [0.1, 0.15) is 21.9 Å². The Morgan fingerprint density at radius 2 is 2.17 bits per heavy atom. The maximum atomic E-state index is 12.1. The van der Waals surface area contributed by atoms with Crippen LogP contribution in [0.4, 0.5) is 0 Å². The first-order valence-corrected chi connectivity index (χ1v) is 5.42. The molecular weight excluding hydrogens is 230 g/mol. The van der Waals surface area contributed by atoms with Gasteiger partial charge in [-0.25, -0.2) is 9.97 Å². The van der Waals surface area contributed by atoms with Crippen LogP contribution < -0.4 is 0 Å². The minimum absolute atomic E-state index is 0.226. The highest BCUT2D eigenvalue weighted by molar-refractivity contribution is 6.07. The zero-order valence-electron chi connectivity index (χ0n) is 9.62. The molecule has 0 unspecified atom stereocenters. The Hall–Kier alpha value is -2.56. The first-order valence-electron chi connectivity index (χ1n) is 5.42. The Bertz CT molecular complexity index is 719. The van der Waals surface area contributed by atoms with Gasteiger partial charge in [-0.05, 0) is 19.1 Å². The largest absolute Gasteiger partial charge is 0.451 e. The van der Waals surface area contributed by atoms with Gasteiger partial charge in [-0.15, -0.1) is 0 Å². The molecule has 0 aliphatic rings. The van der Waals surface area contributed by atoms with Gasteiger partial charge in [0.1, 0.15) is 11.2 Å². The summed E-state index contributed by atoms with van der Waals surface area (Å²) in [6, 6.07) is 5.26. The monoisotopic (exact) mass is 239 g/mol. The number of furan rings is 1. The molecule has 3 rings (SSSR count). The molecule has 5 nitrogen and oxygen atoms in total. The lowest BCUT2D eigenvalue weighted by Gasteiger charge is -1.93. The zero-order chi connectivity index (χ0) is 12.5. The van der Waals surface area contributed by atoms with Crippen LogP contribution in [0.2, 0.25) is 0 Å². The number of aryl methyl sites for hydroxylation is 1. The van der Waals surface area contributed by atoms with E-state index < -0.39 is 0 Å². The SMILES string of the molecule is Cc1ccc2oc(C(=O)c3cnccn3)cc2n1. The van der Waals surface area contributed by atoms with E-state index in [1.807, 2.05) is 13.0 Å². The second-order valence-electron chi connectivity index (χ2n) is 3.87. The number of carbonyl (C=O) groups excluding carboxylic acids is 1. The molecule has 0 fully saturated rings. The molecule has 5 heteroatoms. The van der Waals surface area contributed by atoms with E-state index in [2.05, 4.69) is 15.0 Å². The van der Waals surface area contributed by atoms with Gasteiger partial charge >= 0.3 is 0 Å². The third-order valence-electron chi connectivity index (χ3n) is 2.53. The Balaban J connectivity index is 2.07. The van der Waals surface area contributed by atoms with Crippen LogP contribution in [0.25, 0.3) is 11.1 Å². The number of fused-ring (bicyclic) bond motifs is 1. The van der Waals surface area contributed by atoms with Crippen molar-refractivity contribution in [3.05, 3.63) is 53.9 Å². The van der Waals surface area contributed by atoms with E-state index in [0.717, 1.165) is 5.69 Å². The van der Waals surface area contributed by atoms with Gasteiger partial charge in [-0.3, -0.25) is 9.78 Å². The molecule has 88 valence electrons. The summed E-state index contributed by atoms with van der Waals surface area (Å²) in [6.45, 7) is 1.89. The van der Waals surface area contributed by atoms with Crippen LogP contribution in [-0.2, 0) is 0 Å². The summed E-state index contributed by atoms with van der Waals surface area (Å²) in [4.78, 5) is 24.2. The topological polar surface area (TPSA) is 68.9 Å². The number of ketones is 1. The lowest BCUT2D eigenvalue weighted by molar-refractivity contribution is 0.101. The van der Waals surface area contributed by atoms with Crippen molar-refractivity contribution in [2.45, 2.75) is 6.92 Å². The number of nitrogens with zero attached hydrogens (tertiary/aromatic N) is 3. The van der Waals surface area contributed by atoms with Crippen molar-refractivity contribution in [2.75, 3.05) is 0 Å². The van der Waals surface area contributed by atoms with Crippen molar-refractivity contribution < 1.29 is 9.21 Å². The Morgan fingerprint density at radius 1 is 1.28 bits per heavy atom. The molecule has 3 aromatic rings. The van der Waals surface area contributed by atoms with Crippen LogP contribution in [-0.4, -0.2) is 20.7 Å². The molecule has 0 aliphatic heterocycles. The van der Waals surface area contributed by atoms with Crippen molar-refractivity contribution in [1.29, 1.82) is 0 Å². The smallest absolute Gasteiger partial charge is 0.248 e. The van der Waals surface area contributed by atoms with E-state index >= 15 is 0 Å². The Morgan fingerprint density at radius 3 is 2.94 bits per heavy atom. The van der Waals surface area contributed by atoms with E-state index in [1.54, 1.807) is 12.1 Å². The fourth-order valence-electron chi connectivity index (χ4n) is 1.68. The number of hydrogen-bond acceptors (Lipinski definition) is 5. The van der Waals surface area contributed by atoms with E-state index in [9.17, 15) is 4.79 Å². The average molecular weight is 239 g/mol. The van der Waals surface area contributed by atoms with E-state index in [0.29, 0.717) is 11.1 Å². The summed E-state index contributed by atoms with van der Waals surface area (Å²) in [6.07, 6.45) is 4.40. The van der Waals surface area contributed by atoms with Gasteiger partial charge in [0.15, 0.2) is 11.3 Å². The van der Waals surface area contributed by atoms with E-state index in [4.69, 9.17) is 4.42 Å². The third-order valence-corrected chi connectivity index (χ3v) is 2.53. The lowest BCUT2D eigenvalue weighted by Crippen LogP contribution is -2.02. The molecule has 0 aliphatic carbocycles. The van der Waals surface area contributed by atoms with Crippen LogP contribution in [0.5, 0.6) is 0 Å². The molecule has 18 heavy (non-hydrogen) atoms. The molecule has 0 saturated carbocycles. The molecule has 0 radical (unpaired) electrons. The number of carbonyl (C=O) groups is 1. The van der Waals surface area contributed by atoms with Crippen molar-refractivity contribution in [2.24, 2.45) is 0 Å². The Labute approximate surface area is 103 Å². The van der Waals surface area contributed by atoms with Crippen molar-refractivity contribution >= 4 is 16.9 Å². The van der Waals surface area contributed by atoms with Gasteiger partial charge < -0.3 is 4.42 Å². The predicted octanol–water partition coefficient (Wildman–Crippen LogP) is 2.16. The summed E-state index contributed by atoms with van der Waals surface area (Å²) in [7, 11) is 0. The average Bonchev–Trinajstić information content (AvgIpc) is 2.81. The Kier molecular flexibility index (Phi) is 2.37. The molecule has 0 bridgehead atoms. The molecule has 3 aromatic heterocycles. The quantitative estimate of drug-likeness (QED) is 0.641. The molecule has 0 N–H and O–H groups in total. The number of hydrogen-bond donors (Lipinski definition) is 0. The minimum atomic E-state index is -0.293.